The molecule has 1 amide bonds. The maximum Gasteiger partial charge on any atom is 0.288 e. The highest BCUT2D eigenvalue weighted by Crippen LogP contribution is 2.28. The molecule has 0 aliphatic carbocycles. The first-order valence-electron chi connectivity index (χ1n) is 7.29. The fraction of sp³-hybridized carbons (Fsp3) is 0.533. The van der Waals surface area contributed by atoms with Crippen molar-refractivity contribution in [2.75, 3.05) is 6.54 Å². The lowest BCUT2D eigenvalue weighted by atomic mass is 9.97. The Balaban J connectivity index is 2.26. The Bertz CT molecular complexity index is 546. The zero-order valence-electron chi connectivity index (χ0n) is 12.0. The maximum atomic E-state index is 12.6. The molecule has 1 aromatic rings. The van der Waals surface area contributed by atoms with Gasteiger partial charge in [-0.2, -0.15) is 0 Å². The normalized spacial score (nSPS) is 18.6. The molecule has 1 fully saturated rings. The monoisotopic (exact) mass is 310 g/mol. The predicted molar refractivity (Wildman–Crippen MR) is 81.7 cm³/mol. The summed E-state index contributed by atoms with van der Waals surface area (Å²) in [6, 6.07) is 4.51. The lowest BCUT2D eigenvalue weighted by Gasteiger charge is -2.35. The minimum atomic E-state index is -0.557. The zero-order valence-corrected chi connectivity index (χ0v) is 12.8. The Kier molecular flexibility index (Phi) is 5.17. The first-order chi connectivity index (χ1) is 10.0. The minimum absolute atomic E-state index is 0.0558. The summed E-state index contributed by atoms with van der Waals surface area (Å²) >= 11 is 5.79. The number of benzene rings is 1. The van der Waals surface area contributed by atoms with Gasteiger partial charge in [-0.25, -0.2) is 0 Å². The number of likely N-dealkylation sites (tertiary alicyclic amines) is 1. The molecular weight excluding hydrogens is 292 g/mol. The molecule has 1 saturated heterocycles. The van der Waals surface area contributed by atoms with E-state index >= 15 is 0 Å². The smallest absolute Gasteiger partial charge is 0.288 e. The van der Waals surface area contributed by atoms with Crippen molar-refractivity contribution in [1.82, 2.24) is 4.90 Å². The molecule has 0 saturated carbocycles. The van der Waals surface area contributed by atoms with Crippen LogP contribution in [0.2, 0.25) is 5.02 Å². The van der Waals surface area contributed by atoms with Crippen LogP contribution in [0.4, 0.5) is 5.69 Å². The van der Waals surface area contributed by atoms with Crippen LogP contribution in [-0.2, 0) is 0 Å². The molecule has 114 valence electrons. The second-order valence-corrected chi connectivity index (χ2v) is 5.77. The second kappa shape index (κ2) is 6.89. The molecule has 21 heavy (non-hydrogen) atoms. The zero-order chi connectivity index (χ0) is 15.4. The van der Waals surface area contributed by atoms with Gasteiger partial charge in [0.2, 0.25) is 0 Å². The van der Waals surface area contributed by atoms with Gasteiger partial charge in [0.15, 0.2) is 0 Å². The minimum Gasteiger partial charge on any atom is -0.336 e. The van der Waals surface area contributed by atoms with E-state index in [0.717, 1.165) is 38.6 Å². The van der Waals surface area contributed by atoms with Crippen molar-refractivity contribution >= 4 is 23.2 Å². The third-order valence-electron chi connectivity index (χ3n) is 3.90. The summed E-state index contributed by atoms with van der Waals surface area (Å²) in [6.07, 6.45) is 5.13. The number of hydrogen-bond acceptors (Lipinski definition) is 3. The molecule has 1 heterocycles. The molecule has 1 unspecified atom stereocenters. The van der Waals surface area contributed by atoms with Gasteiger partial charge in [-0.15, -0.1) is 0 Å². The summed E-state index contributed by atoms with van der Waals surface area (Å²) in [5, 5.41) is 11.0. The highest BCUT2D eigenvalue weighted by atomic mass is 35.5. The van der Waals surface area contributed by atoms with Gasteiger partial charge in [0.1, 0.15) is 5.02 Å². The van der Waals surface area contributed by atoms with E-state index in [1.807, 2.05) is 4.90 Å². The van der Waals surface area contributed by atoms with Crippen molar-refractivity contribution in [2.24, 2.45) is 0 Å². The van der Waals surface area contributed by atoms with Gasteiger partial charge < -0.3 is 4.90 Å². The molecule has 1 aromatic carbocycles. The van der Waals surface area contributed by atoms with Crippen molar-refractivity contribution in [3.8, 4) is 0 Å². The van der Waals surface area contributed by atoms with E-state index in [1.54, 1.807) is 6.07 Å². The summed E-state index contributed by atoms with van der Waals surface area (Å²) in [7, 11) is 0. The van der Waals surface area contributed by atoms with Gasteiger partial charge in [0.25, 0.3) is 11.6 Å². The van der Waals surface area contributed by atoms with E-state index in [4.69, 9.17) is 11.6 Å². The third kappa shape index (κ3) is 3.53. The standard InChI is InChI=1S/C15H19ClN2O3/c1-2-5-12-6-3-4-9-17(12)15(19)11-7-8-13(16)14(10-11)18(20)21/h7-8,10,12H,2-6,9H2,1H3. The van der Waals surface area contributed by atoms with Gasteiger partial charge >= 0.3 is 0 Å². The Morgan fingerprint density at radius 2 is 2.24 bits per heavy atom. The van der Waals surface area contributed by atoms with Crippen molar-refractivity contribution in [3.05, 3.63) is 38.9 Å². The third-order valence-corrected chi connectivity index (χ3v) is 4.22. The molecule has 1 atom stereocenters. The summed E-state index contributed by atoms with van der Waals surface area (Å²) in [6.45, 7) is 2.82. The number of piperidine rings is 1. The summed E-state index contributed by atoms with van der Waals surface area (Å²) < 4.78 is 0. The van der Waals surface area contributed by atoms with E-state index < -0.39 is 4.92 Å². The number of halogens is 1. The fourth-order valence-corrected chi connectivity index (χ4v) is 3.04. The number of nitro groups is 1. The summed E-state index contributed by atoms with van der Waals surface area (Å²) in [4.78, 5) is 24.9. The van der Waals surface area contributed by atoms with E-state index in [-0.39, 0.29) is 22.7 Å². The highest BCUT2D eigenvalue weighted by molar-refractivity contribution is 6.32. The lowest BCUT2D eigenvalue weighted by molar-refractivity contribution is -0.384. The van der Waals surface area contributed by atoms with Crippen molar-refractivity contribution < 1.29 is 9.72 Å². The van der Waals surface area contributed by atoms with Crippen LogP contribution in [0.5, 0.6) is 0 Å². The van der Waals surface area contributed by atoms with Crippen LogP contribution in [-0.4, -0.2) is 28.3 Å². The van der Waals surface area contributed by atoms with Crippen molar-refractivity contribution in [2.45, 2.75) is 45.1 Å². The van der Waals surface area contributed by atoms with Gasteiger partial charge in [0.05, 0.1) is 4.92 Å². The Hall–Kier alpha value is -1.62. The first-order valence-corrected chi connectivity index (χ1v) is 7.67. The molecule has 0 spiro atoms. The van der Waals surface area contributed by atoms with Crippen molar-refractivity contribution in [1.29, 1.82) is 0 Å². The number of hydrogen-bond donors (Lipinski definition) is 0. The molecule has 5 nitrogen and oxygen atoms in total. The molecule has 1 aliphatic rings. The molecule has 2 rings (SSSR count). The average Bonchev–Trinajstić information content (AvgIpc) is 2.47. The molecule has 0 bridgehead atoms. The summed E-state index contributed by atoms with van der Waals surface area (Å²) in [5.74, 6) is -0.132. The number of carbonyl (C=O) groups is 1. The van der Waals surface area contributed by atoms with Gasteiger partial charge in [-0.1, -0.05) is 24.9 Å². The second-order valence-electron chi connectivity index (χ2n) is 5.36. The van der Waals surface area contributed by atoms with Crippen LogP contribution in [0.3, 0.4) is 0 Å². The topological polar surface area (TPSA) is 63.5 Å². The Morgan fingerprint density at radius 3 is 2.90 bits per heavy atom. The van der Waals surface area contributed by atoms with Crippen LogP contribution in [0.1, 0.15) is 49.4 Å². The molecule has 0 radical (unpaired) electrons. The molecular formula is C15H19ClN2O3. The van der Waals surface area contributed by atoms with E-state index in [9.17, 15) is 14.9 Å². The average molecular weight is 311 g/mol. The quantitative estimate of drug-likeness (QED) is 0.622. The van der Waals surface area contributed by atoms with Crippen LogP contribution >= 0.6 is 11.6 Å². The Morgan fingerprint density at radius 1 is 1.48 bits per heavy atom. The number of amides is 1. The fourth-order valence-electron chi connectivity index (χ4n) is 2.85. The van der Waals surface area contributed by atoms with Gasteiger partial charge in [-0.05, 0) is 37.8 Å². The number of rotatable bonds is 4. The van der Waals surface area contributed by atoms with E-state index in [0.29, 0.717) is 5.56 Å². The van der Waals surface area contributed by atoms with Crippen molar-refractivity contribution in [3.63, 3.8) is 0 Å². The van der Waals surface area contributed by atoms with Crippen LogP contribution in [0.25, 0.3) is 0 Å². The molecule has 0 aromatic heterocycles. The maximum absolute atomic E-state index is 12.6. The Labute approximate surface area is 129 Å². The number of nitrogens with zero attached hydrogens (tertiary/aromatic N) is 2. The molecule has 1 aliphatic heterocycles. The molecule has 0 N–H and O–H groups in total. The SMILES string of the molecule is CCCC1CCCCN1C(=O)c1ccc(Cl)c([N+](=O)[O-])c1. The molecule has 6 heteroatoms. The van der Waals surface area contributed by atoms with Gasteiger partial charge in [-0.3, -0.25) is 14.9 Å². The lowest BCUT2D eigenvalue weighted by Crippen LogP contribution is -2.43. The predicted octanol–water partition coefficient (Wildman–Crippen LogP) is 4.04. The van der Waals surface area contributed by atoms with E-state index in [2.05, 4.69) is 6.92 Å². The number of carbonyl (C=O) groups excluding carboxylic acids is 1. The van der Waals surface area contributed by atoms with E-state index in [1.165, 1.54) is 12.1 Å². The first kappa shape index (κ1) is 15.8. The van der Waals surface area contributed by atoms with Gasteiger partial charge in [0, 0.05) is 24.2 Å². The van der Waals surface area contributed by atoms with Crippen LogP contribution < -0.4 is 0 Å². The largest absolute Gasteiger partial charge is 0.336 e. The summed E-state index contributed by atoms with van der Waals surface area (Å²) in [5.41, 5.74) is 0.126. The highest BCUT2D eigenvalue weighted by Gasteiger charge is 2.28. The number of nitro benzene ring substituents is 1. The van der Waals surface area contributed by atoms with Crippen LogP contribution in [0, 0.1) is 10.1 Å². The van der Waals surface area contributed by atoms with Crippen LogP contribution in [0.15, 0.2) is 18.2 Å².